The maximum atomic E-state index is 11.4. The molecule has 0 spiro atoms. The maximum Gasteiger partial charge on any atom is 0.296 e. The number of hydrogen-bond acceptors (Lipinski definition) is 9. The second-order valence-electron chi connectivity index (χ2n) is 4.93. The van der Waals surface area contributed by atoms with Crippen LogP contribution in [0.3, 0.4) is 0 Å². The average molecular weight is 399 g/mol. The van der Waals surface area contributed by atoms with Gasteiger partial charge in [0.15, 0.2) is 5.69 Å². The molecule has 0 bridgehead atoms. The Kier molecular flexibility index (Phi) is 3.54. The highest BCUT2D eigenvalue weighted by Crippen LogP contribution is 2.32. The molecule has 0 radical (unpaired) electrons. The maximum absolute atomic E-state index is 11.4. The van der Waals surface area contributed by atoms with Crippen molar-refractivity contribution in [3.63, 3.8) is 0 Å². The molecule has 0 unspecified atom stereocenters. The van der Waals surface area contributed by atoms with Gasteiger partial charge in [0.2, 0.25) is 10.9 Å². The van der Waals surface area contributed by atoms with Gasteiger partial charge in [0.25, 0.3) is 10.1 Å². The van der Waals surface area contributed by atoms with Crippen LogP contribution in [0.5, 0.6) is 0 Å². The number of aryl methyl sites for hydroxylation is 1. The fraction of sp³-hybridized carbons (Fsp3) is 0.0909. The Morgan fingerprint density at radius 2 is 2.00 bits per heavy atom. The van der Waals surface area contributed by atoms with E-state index in [1.165, 1.54) is 16.6 Å². The molecule has 128 valence electrons. The van der Waals surface area contributed by atoms with Crippen molar-refractivity contribution in [2.24, 2.45) is 10.2 Å². The Morgan fingerprint density at radius 1 is 1.24 bits per heavy atom. The van der Waals surface area contributed by atoms with E-state index in [4.69, 9.17) is 11.6 Å². The van der Waals surface area contributed by atoms with Gasteiger partial charge < -0.3 is 0 Å². The normalized spacial score (nSPS) is 12.8. The summed E-state index contributed by atoms with van der Waals surface area (Å²) < 4.78 is 41.4. The number of halogens is 1. The molecule has 0 amide bonds. The first-order valence-electron chi connectivity index (χ1n) is 6.60. The fourth-order valence-electron chi connectivity index (χ4n) is 2.25. The van der Waals surface area contributed by atoms with E-state index in [-0.39, 0.29) is 21.2 Å². The second-order valence-corrected chi connectivity index (χ2v) is 7.19. The molecule has 0 aliphatic heterocycles. The van der Waals surface area contributed by atoms with E-state index in [9.17, 15) is 13.0 Å². The summed E-state index contributed by atoms with van der Waals surface area (Å²) in [5, 5.41) is 19.0. The summed E-state index contributed by atoms with van der Waals surface area (Å²) >= 11 is 6.69. The molecule has 1 aromatic carbocycles. The number of aromatic amines is 1. The van der Waals surface area contributed by atoms with Crippen LogP contribution in [0.1, 0.15) is 5.69 Å². The summed E-state index contributed by atoms with van der Waals surface area (Å²) in [6.07, 6.45) is 0. The zero-order valence-corrected chi connectivity index (χ0v) is 14.6. The van der Waals surface area contributed by atoms with Gasteiger partial charge in [-0.1, -0.05) is 0 Å². The molecule has 11 nitrogen and oxygen atoms in total. The van der Waals surface area contributed by atoms with Crippen molar-refractivity contribution in [1.82, 2.24) is 28.6 Å². The minimum Gasteiger partial charge on any atom is -0.292 e. The predicted molar refractivity (Wildman–Crippen MR) is 88.5 cm³/mol. The smallest absolute Gasteiger partial charge is 0.292 e. The minimum atomic E-state index is -4.42. The molecule has 4 aromatic rings. The van der Waals surface area contributed by atoms with Gasteiger partial charge in [-0.3, -0.25) is 9.65 Å². The van der Waals surface area contributed by atoms with E-state index in [2.05, 4.69) is 34.3 Å². The highest BCUT2D eigenvalue weighted by molar-refractivity contribution is 7.86. The van der Waals surface area contributed by atoms with Crippen LogP contribution in [-0.4, -0.2) is 41.5 Å². The third kappa shape index (κ3) is 2.57. The second kappa shape index (κ2) is 5.52. The van der Waals surface area contributed by atoms with E-state index in [0.29, 0.717) is 22.7 Å². The fourth-order valence-corrected chi connectivity index (χ4v) is 3.66. The average Bonchev–Trinajstić information content (AvgIpc) is 3.22. The topological polar surface area (TPSA) is 151 Å². The Labute approximate surface area is 148 Å². The van der Waals surface area contributed by atoms with Crippen LogP contribution in [0.4, 0.5) is 11.4 Å². The number of nitrogens with zero attached hydrogens (tertiary/aromatic N) is 7. The van der Waals surface area contributed by atoms with Gasteiger partial charge in [-0.05, 0) is 30.7 Å². The van der Waals surface area contributed by atoms with Crippen molar-refractivity contribution in [3.8, 4) is 0 Å². The minimum absolute atomic E-state index is 0.0328. The van der Waals surface area contributed by atoms with Gasteiger partial charge in [-0.15, -0.1) is 20.4 Å². The number of fused-ring (bicyclic) bond motifs is 2. The molecule has 0 saturated carbocycles. The first-order valence-corrected chi connectivity index (χ1v) is 9.15. The molecule has 3 heterocycles. The highest BCUT2D eigenvalue weighted by atomic mass is 35.5. The van der Waals surface area contributed by atoms with E-state index in [0.717, 1.165) is 11.7 Å². The Hall–Kier alpha value is -2.48. The molecule has 0 atom stereocenters. The molecule has 14 heteroatoms. The van der Waals surface area contributed by atoms with Gasteiger partial charge in [0.05, 0.1) is 17.4 Å². The number of H-pyrrole nitrogens is 1. The SMILES string of the molecule is Cc1[nH]n2c(Cl)nnc2c1N=Nc1ccc(S(=O)(=O)O)c2nsnc12. The summed E-state index contributed by atoms with van der Waals surface area (Å²) in [7, 11) is -4.42. The number of benzene rings is 1. The van der Waals surface area contributed by atoms with E-state index < -0.39 is 10.1 Å². The number of azo groups is 1. The van der Waals surface area contributed by atoms with Crippen LogP contribution in [0.25, 0.3) is 16.7 Å². The Bertz CT molecular complexity index is 1260. The Balaban J connectivity index is 1.85. The predicted octanol–water partition coefficient (Wildman–Crippen LogP) is 2.69. The van der Waals surface area contributed by atoms with Gasteiger partial charge in [0.1, 0.15) is 21.6 Å². The summed E-state index contributed by atoms with van der Waals surface area (Å²) in [4.78, 5) is -0.334. The highest BCUT2D eigenvalue weighted by Gasteiger charge is 2.19. The van der Waals surface area contributed by atoms with Crippen molar-refractivity contribution < 1.29 is 13.0 Å². The summed E-state index contributed by atoms with van der Waals surface area (Å²) in [5.74, 6) is 0. The third-order valence-corrected chi connectivity index (χ3v) is 5.02. The third-order valence-electron chi connectivity index (χ3n) is 3.36. The van der Waals surface area contributed by atoms with Gasteiger partial charge in [-0.2, -0.15) is 17.2 Å². The monoisotopic (exact) mass is 398 g/mol. The van der Waals surface area contributed by atoms with E-state index >= 15 is 0 Å². The number of rotatable bonds is 3. The molecule has 3 aromatic heterocycles. The summed E-state index contributed by atoms with van der Waals surface area (Å²) in [6, 6.07) is 2.58. The molecular weight excluding hydrogens is 392 g/mol. The lowest BCUT2D eigenvalue weighted by atomic mass is 10.3. The zero-order chi connectivity index (χ0) is 17.8. The van der Waals surface area contributed by atoms with Crippen LogP contribution < -0.4 is 0 Å². The number of nitrogens with one attached hydrogen (secondary N) is 1. The van der Waals surface area contributed by atoms with Gasteiger partial charge >= 0.3 is 0 Å². The zero-order valence-electron chi connectivity index (χ0n) is 12.2. The largest absolute Gasteiger partial charge is 0.296 e. The molecule has 0 fully saturated rings. The van der Waals surface area contributed by atoms with Gasteiger partial charge in [-0.25, -0.2) is 4.52 Å². The van der Waals surface area contributed by atoms with Crippen molar-refractivity contribution in [2.45, 2.75) is 11.8 Å². The van der Waals surface area contributed by atoms with Crippen LogP contribution in [0.2, 0.25) is 5.28 Å². The van der Waals surface area contributed by atoms with Crippen LogP contribution in [-0.2, 0) is 10.1 Å². The Morgan fingerprint density at radius 3 is 2.76 bits per heavy atom. The van der Waals surface area contributed by atoms with Crippen LogP contribution in [0.15, 0.2) is 27.3 Å². The molecule has 4 rings (SSSR count). The number of aromatic nitrogens is 6. The summed E-state index contributed by atoms with van der Waals surface area (Å²) in [5.41, 5.74) is 2.03. The van der Waals surface area contributed by atoms with Crippen molar-refractivity contribution in [2.75, 3.05) is 0 Å². The van der Waals surface area contributed by atoms with Crippen molar-refractivity contribution in [3.05, 3.63) is 23.1 Å². The lowest BCUT2D eigenvalue weighted by Gasteiger charge is -1.99. The molecule has 0 aliphatic carbocycles. The van der Waals surface area contributed by atoms with Crippen LogP contribution >= 0.6 is 23.3 Å². The molecule has 0 saturated heterocycles. The van der Waals surface area contributed by atoms with E-state index in [1.54, 1.807) is 6.92 Å². The van der Waals surface area contributed by atoms with E-state index in [1.807, 2.05) is 0 Å². The lowest BCUT2D eigenvalue weighted by Crippen LogP contribution is -1.98. The molecule has 0 aliphatic rings. The first-order chi connectivity index (χ1) is 11.9. The van der Waals surface area contributed by atoms with Gasteiger partial charge in [0, 0.05) is 0 Å². The van der Waals surface area contributed by atoms with Crippen molar-refractivity contribution in [1.29, 1.82) is 0 Å². The molecule has 25 heavy (non-hydrogen) atoms. The number of hydrogen-bond donors (Lipinski definition) is 2. The van der Waals surface area contributed by atoms with Crippen LogP contribution in [0, 0.1) is 6.92 Å². The lowest BCUT2D eigenvalue weighted by molar-refractivity contribution is 0.484. The standard InChI is InChI=1S/C11H7ClN8O3S2/c1-4-7(10-15-16-11(12)20(10)17-4)14-13-5-2-3-6(25(21,22)23)9-8(5)18-24-19-9/h2-3,17H,1H3,(H,21,22,23). The van der Waals surface area contributed by atoms with Crippen molar-refractivity contribution >= 4 is 61.5 Å². The summed E-state index contributed by atoms with van der Waals surface area (Å²) in [6.45, 7) is 1.76. The molecule has 2 N–H and O–H groups in total. The first kappa shape index (κ1) is 16.0. The quantitative estimate of drug-likeness (QED) is 0.397. The molecular formula is C11H7ClN8O3S2.